The molecule has 0 aliphatic carbocycles. The minimum atomic E-state index is -0.346. The molecular weight excluding hydrogens is 450 g/mol. The summed E-state index contributed by atoms with van der Waals surface area (Å²) >= 11 is 7.43. The van der Waals surface area contributed by atoms with Gasteiger partial charge in [0.05, 0.1) is 19.4 Å². The van der Waals surface area contributed by atoms with Gasteiger partial charge in [0.1, 0.15) is 5.75 Å². The highest BCUT2D eigenvalue weighted by atomic mass is 35.5. The number of amides is 1. The van der Waals surface area contributed by atoms with Crippen LogP contribution in [0.15, 0.2) is 70.9 Å². The van der Waals surface area contributed by atoms with Crippen LogP contribution in [0.3, 0.4) is 0 Å². The molecule has 1 N–H and O–H groups in total. The number of nitrogens with one attached hydrogen (secondary N) is 1. The zero-order valence-corrected chi connectivity index (χ0v) is 18.6. The summed E-state index contributed by atoms with van der Waals surface area (Å²) in [7, 11) is 1.58. The lowest BCUT2D eigenvalue weighted by molar-refractivity contribution is -0.113. The molecule has 0 saturated carbocycles. The quantitative estimate of drug-likeness (QED) is 0.327. The molecule has 0 spiro atoms. The van der Waals surface area contributed by atoms with Crippen LogP contribution >= 0.6 is 23.4 Å². The van der Waals surface area contributed by atoms with Crippen molar-refractivity contribution in [3.05, 3.63) is 81.9 Å². The number of carbonyl (C=O) groups excluding carboxylic acids is 1. The number of fused-ring (bicyclic) bond motifs is 1. The number of hydrogen-bond acceptors (Lipinski definition) is 7. The number of anilines is 1. The lowest BCUT2D eigenvalue weighted by Crippen LogP contribution is -2.26. The van der Waals surface area contributed by atoms with E-state index in [1.807, 2.05) is 18.2 Å². The Morgan fingerprint density at radius 2 is 1.88 bits per heavy atom. The molecule has 2 aromatic heterocycles. The van der Waals surface area contributed by atoms with Crippen LogP contribution in [0.1, 0.15) is 5.56 Å². The first-order valence-corrected chi connectivity index (χ1v) is 10.9. The Kier molecular flexibility index (Phi) is 6.67. The van der Waals surface area contributed by atoms with E-state index in [-0.39, 0.29) is 34.9 Å². The summed E-state index contributed by atoms with van der Waals surface area (Å²) < 4.78 is 6.58. The van der Waals surface area contributed by atoms with E-state index < -0.39 is 0 Å². The van der Waals surface area contributed by atoms with Gasteiger partial charge in [-0.2, -0.15) is 0 Å². The van der Waals surface area contributed by atoms with E-state index in [4.69, 9.17) is 16.3 Å². The van der Waals surface area contributed by atoms with Crippen LogP contribution in [0.5, 0.6) is 5.75 Å². The van der Waals surface area contributed by atoms with Crippen LogP contribution in [-0.2, 0) is 11.3 Å². The lowest BCUT2D eigenvalue weighted by atomic mass is 10.2. The first-order valence-electron chi connectivity index (χ1n) is 9.57. The highest BCUT2D eigenvalue weighted by molar-refractivity contribution is 7.99. The Bertz CT molecular complexity index is 1330. The molecular formula is C22H18ClN5O3S. The van der Waals surface area contributed by atoms with Gasteiger partial charge < -0.3 is 10.1 Å². The van der Waals surface area contributed by atoms with Crippen LogP contribution in [0.25, 0.3) is 11.2 Å². The number of benzene rings is 2. The molecule has 0 unspecified atom stereocenters. The zero-order valence-electron chi connectivity index (χ0n) is 17.0. The Morgan fingerprint density at radius 1 is 1.12 bits per heavy atom. The van der Waals surface area contributed by atoms with Gasteiger partial charge in [-0.15, -0.1) is 0 Å². The molecule has 2 aromatic carbocycles. The third-order valence-electron chi connectivity index (χ3n) is 4.55. The molecule has 0 saturated heterocycles. The van der Waals surface area contributed by atoms with Crippen LogP contribution in [-0.4, -0.2) is 38.3 Å². The monoisotopic (exact) mass is 467 g/mol. The molecule has 162 valence electrons. The predicted molar refractivity (Wildman–Crippen MR) is 124 cm³/mol. The van der Waals surface area contributed by atoms with Gasteiger partial charge in [0, 0.05) is 23.1 Å². The summed E-state index contributed by atoms with van der Waals surface area (Å²) in [6, 6.07) is 14.3. The minimum Gasteiger partial charge on any atom is -0.497 e. The number of nitrogens with zero attached hydrogens (tertiary/aromatic N) is 4. The first kappa shape index (κ1) is 21.8. The number of hydrogen-bond donors (Lipinski definition) is 1. The number of carbonyl (C=O) groups is 1. The number of aromatic nitrogens is 4. The molecule has 32 heavy (non-hydrogen) atoms. The normalized spacial score (nSPS) is 10.8. The molecule has 4 rings (SSSR count). The maximum Gasteiger partial charge on any atom is 0.282 e. The van der Waals surface area contributed by atoms with Gasteiger partial charge in [-0.3, -0.25) is 14.2 Å². The van der Waals surface area contributed by atoms with Crippen molar-refractivity contribution in [2.24, 2.45) is 0 Å². The van der Waals surface area contributed by atoms with E-state index in [0.717, 1.165) is 17.3 Å². The predicted octanol–water partition coefficient (Wildman–Crippen LogP) is 3.63. The fourth-order valence-electron chi connectivity index (χ4n) is 2.98. The summed E-state index contributed by atoms with van der Waals surface area (Å²) in [5, 5.41) is 3.70. The lowest BCUT2D eigenvalue weighted by Gasteiger charge is -2.13. The van der Waals surface area contributed by atoms with E-state index in [1.54, 1.807) is 37.4 Å². The fourth-order valence-corrected chi connectivity index (χ4v) is 3.96. The van der Waals surface area contributed by atoms with Gasteiger partial charge in [-0.1, -0.05) is 41.6 Å². The van der Waals surface area contributed by atoms with Crippen LogP contribution < -0.4 is 15.6 Å². The zero-order chi connectivity index (χ0) is 22.5. The third kappa shape index (κ3) is 4.90. The van der Waals surface area contributed by atoms with Crippen molar-refractivity contribution < 1.29 is 9.53 Å². The largest absolute Gasteiger partial charge is 0.497 e. The van der Waals surface area contributed by atoms with E-state index in [9.17, 15) is 9.59 Å². The molecule has 0 fully saturated rings. The van der Waals surface area contributed by atoms with Gasteiger partial charge in [-0.25, -0.2) is 15.0 Å². The highest BCUT2D eigenvalue weighted by Crippen LogP contribution is 2.21. The second kappa shape index (κ2) is 9.80. The van der Waals surface area contributed by atoms with Gasteiger partial charge in [0.2, 0.25) is 5.91 Å². The maximum absolute atomic E-state index is 13.1. The Hall–Kier alpha value is -3.43. The molecule has 0 aliphatic heterocycles. The van der Waals surface area contributed by atoms with Crippen LogP contribution in [0, 0.1) is 0 Å². The number of thioether (sulfide) groups is 1. The topological polar surface area (TPSA) is 99.0 Å². The molecule has 4 aromatic rings. The third-order valence-corrected chi connectivity index (χ3v) is 5.90. The molecule has 2 heterocycles. The number of rotatable bonds is 7. The Morgan fingerprint density at radius 3 is 2.62 bits per heavy atom. The number of methoxy groups -OCH3 is 1. The number of halogens is 1. The molecule has 0 atom stereocenters. The average molecular weight is 468 g/mol. The van der Waals surface area contributed by atoms with Crippen molar-refractivity contribution in [1.82, 2.24) is 19.5 Å². The molecule has 10 heteroatoms. The maximum atomic E-state index is 13.1. The highest BCUT2D eigenvalue weighted by Gasteiger charge is 2.16. The summed E-state index contributed by atoms with van der Waals surface area (Å²) in [4.78, 5) is 38.3. The van der Waals surface area contributed by atoms with Crippen molar-refractivity contribution >= 4 is 46.1 Å². The molecule has 1 amide bonds. The number of ether oxygens (including phenoxy) is 1. The van der Waals surface area contributed by atoms with E-state index in [1.165, 1.54) is 17.0 Å². The Balaban J connectivity index is 1.59. The van der Waals surface area contributed by atoms with Crippen molar-refractivity contribution in [3.63, 3.8) is 0 Å². The van der Waals surface area contributed by atoms with Gasteiger partial charge in [-0.05, 0) is 35.9 Å². The van der Waals surface area contributed by atoms with Crippen molar-refractivity contribution in [3.8, 4) is 5.75 Å². The Labute approximate surface area is 192 Å². The van der Waals surface area contributed by atoms with Crippen molar-refractivity contribution in [1.29, 1.82) is 0 Å². The van der Waals surface area contributed by atoms with Gasteiger partial charge >= 0.3 is 0 Å². The summed E-state index contributed by atoms with van der Waals surface area (Å²) in [5.74, 6) is 0.507. The van der Waals surface area contributed by atoms with Crippen molar-refractivity contribution in [2.75, 3.05) is 18.2 Å². The second-order valence-electron chi connectivity index (χ2n) is 6.67. The summed E-state index contributed by atoms with van der Waals surface area (Å²) in [6.45, 7) is 0.195. The average Bonchev–Trinajstić information content (AvgIpc) is 2.81. The molecule has 0 bridgehead atoms. The van der Waals surface area contributed by atoms with Crippen molar-refractivity contribution in [2.45, 2.75) is 11.7 Å². The van der Waals surface area contributed by atoms with Crippen LogP contribution in [0.2, 0.25) is 5.02 Å². The smallest absolute Gasteiger partial charge is 0.282 e. The molecule has 8 nitrogen and oxygen atoms in total. The minimum absolute atomic E-state index is 0.0484. The van der Waals surface area contributed by atoms with Gasteiger partial charge in [0.25, 0.3) is 5.56 Å². The van der Waals surface area contributed by atoms with E-state index in [0.29, 0.717) is 21.6 Å². The SMILES string of the molecule is COc1ccc(NC(=O)CSc2nc3nccnc3c(=O)n2Cc2ccccc2Cl)cc1. The first-order chi connectivity index (χ1) is 15.5. The molecule has 0 radical (unpaired) electrons. The summed E-state index contributed by atoms with van der Waals surface area (Å²) in [6.07, 6.45) is 2.92. The second-order valence-corrected chi connectivity index (χ2v) is 8.02. The van der Waals surface area contributed by atoms with E-state index in [2.05, 4.69) is 20.3 Å². The van der Waals surface area contributed by atoms with E-state index >= 15 is 0 Å². The van der Waals surface area contributed by atoms with Crippen LogP contribution in [0.4, 0.5) is 5.69 Å². The summed E-state index contributed by atoms with van der Waals surface area (Å²) in [5.41, 5.74) is 1.44. The fraction of sp³-hybridized carbons (Fsp3) is 0.136. The molecule has 0 aliphatic rings. The standard InChI is InChI=1S/C22H18ClN5O3S/c1-31-16-8-6-15(7-9-16)26-18(29)13-32-22-27-20-19(24-10-11-25-20)21(30)28(22)12-14-4-2-3-5-17(14)23/h2-11H,12-13H2,1H3,(H,26,29). The van der Waals surface area contributed by atoms with Gasteiger partial charge in [0.15, 0.2) is 16.3 Å².